The van der Waals surface area contributed by atoms with Gasteiger partial charge in [0.15, 0.2) is 0 Å². The number of aryl methyl sites for hydroxylation is 1. The Kier molecular flexibility index (Phi) is 5.04. The lowest BCUT2D eigenvalue weighted by Gasteiger charge is -2.15. The standard InChI is InChI=1S/C16H17BrFNS2/c1-19-14(7-10-6-12(17)2-3-13(10)18)16-8-11-9-20-5-4-15(11)21-16/h2-3,6,8,14,19H,4-5,7,9H2,1H3. The smallest absolute Gasteiger partial charge is 0.126 e. The molecule has 0 saturated carbocycles. The fraction of sp³-hybridized carbons (Fsp3) is 0.375. The first-order valence-electron chi connectivity index (χ1n) is 6.98. The van der Waals surface area contributed by atoms with Gasteiger partial charge in [-0.1, -0.05) is 15.9 Å². The largest absolute Gasteiger partial charge is 0.312 e. The van der Waals surface area contributed by atoms with Crippen LogP contribution in [0.5, 0.6) is 0 Å². The van der Waals surface area contributed by atoms with Crippen molar-refractivity contribution >= 4 is 39.0 Å². The molecule has 0 amide bonds. The molecule has 0 aliphatic carbocycles. The Morgan fingerprint density at radius 2 is 2.24 bits per heavy atom. The van der Waals surface area contributed by atoms with Gasteiger partial charge in [0.1, 0.15) is 5.82 Å². The van der Waals surface area contributed by atoms with Crippen molar-refractivity contribution in [1.29, 1.82) is 0 Å². The molecule has 112 valence electrons. The number of hydrogen-bond donors (Lipinski definition) is 1. The molecular weight excluding hydrogens is 369 g/mol. The first-order valence-corrected chi connectivity index (χ1v) is 9.74. The summed E-state index contributed by atoms with van der Waals surface area (Å²) in [6, 6.07) is 7.64. The van der Waals surface area contributed by atoms with Gasteiger partial charge in [-0.05, 0) is 61.0 Å². The maximum Gasteiger partial charge on any atom is 0.126 e. The van der Waals surface area contributed by atoms with Crippen LogP contribution in [0.15, 0.2) is 28.7 Å². The topological polar surface area (TPSA) is 12.0 Å². The molecule has 21 heavy (non-hydrogen) atoms. The van der Waals surface area contributed by atoms with Gasteiger partial charge in [0.05, 0.1) is 0 Å². The third-order valence-corrected chi connectivity index (χ3v) is 6.62. The molecule has 1 unspecified atom stereocenters. The van der Waals surface area contributed by atoms with E-state index in [1.807, 2.05) is 36.2 Å². The molecule has 1 aromatic heterocycles. The molecule has 1 nitrogen and oxygen atoms in total. The lowest BCUT2D eigenvalue weighted by molar-refractivity contribution is 0.559. The summed E-state index contributed by atoms with van der Waals surface area (Å²) in [5.74, 6) is 2.21. The van der Waals surface area contributed by atoms with Gasteiger partial charge < -0.3 is 5.32 Å². The SMILES string of the molecule is CNC(Cc1cc(Br)ccc1F)c1cc2c(s1)CCSC2. The molecule has 1 aliphatic heterocycles. The van der Waals surface area contributed by atoms with Crippen LogP contribution < -0.4 is 5.32 Å². The molecular formula is C16H17BrFNS2. The maximum atomic E-state index is 14.0. The van der Waals surface area contributed by atoms with Gasteiger partial charge in [-0.3, -0.25) is 0 Å². The summed E-state index contributed by atoms with van der Waals surface area (Å²) < 4.78 is 14.9. The minimum Gasteiger partial charge on any atom is -0.312 e. The average molecular weight is 386 g/mol. The highest BCUT2D eigenvalue weighted by molar-refractivity contribution is 9.10. The van der Waals surface area contributed by atoms with Crippen LogP contribution in [0.3, 0.4) is 0 Å². The van der Waals surface area contributed by atoms with E-state index in [2.05, 4.69) is 27.3 Å². The second-order valence-corrected chi connectivity index (χ2v) is 8.37. The molecule has 1 atom stereocenters. The van der Waals surface area contributed by atoms with Crippen LogP contribution in [0.1, 0.15) is 26.9 Å². The molecule has 0 bridgehead atoms. The van der Waals surface area contributed by atoms with Crippen molar-refractivity contribution in [2.45, 2.75) is 24.6 Å². The zero-order chi connectivity index (χ0) is 14.8. The number of hydrogen-bond acceptors (Lipinski definition) is 3. The fourth-order valence-corrected chi connectivity index (χ4v) is 5.50. The molecule has 1 N–H and O–H groups in total. The van der Waals surface area contributed by atoms with Crippen molar-refractivity contribution in [1.82, 2.24) is 5.32 Å². The van der Waals surface area contributed by atoms with Crippen LogP contribution in [0.4, 0.5) is 4.39 Å². The highest BCUT2D eigenvalue weighted by Crippen LogP contribution is 2.35. The van der Waals surface area contributed by atoms with E-state index in [0.29, 0.717) is 6.42 Å². The zero-order valence-electron chi connectivity index (χ0n) is 11.8. The molecule has 0 radical (unpaired) electrons. The highest BCUT2D eigenvalue weighted by Gasteiger charge is 2.19. The van der Waals surface area contributed by atoms with Gasteiger partial charge in [0, 0.05) is 26.0 Å². The van der Waals surface area contributed by atoms with E-state index in [1.165, 1.54) is 33.6 Å². The second kappa shape index (κ2) is 6.82. The summed E-state index contributed by atoms with van der Waals surface area (Å²) >= 11 is 7.31. The number of benzene rings is 1. The molecule has 3 rings (SSSR count). The monoisotopic (exact) mass is 385 g/mol. The van der Waals surface area contributed by atoms with Gasteiger partial charge >= 0.3 is 0 Å². The lowest BCUT2D eigenvalue weighted by atomic mass is 10.0. The van der Waals surface area contributed by atoms with Gasteiger partial charge in [0.2, 0.25) is 0 Å². The molecule has 0 spiro atoms. The Morgan fingerprint density at radius 1 is 1.38 bits per heavy atom. The summed E-state index contributed by atoms with van der Waals surface area (Å²) in [6.45, 7) is 0. The van der Waals surface area contributed by atoms with Crippen LogP contribution in [-0.4, -0.2) is 12.8 Å². The average Bonchev–Trinajstić information content (AvgIpc) is 2.91. The van der Waals surface area contributed by atoms with E-state index in [4.69, 9.17) is 0 Å². The molecule has 0 fully saturated rings. The quantitative estimate of drug-likeness (QED) is 0.799. The Hall–Kier alpha value is -0.360. The minimum atomic E-state index is -0.129. The second-order valence-electron chi connectivity index (χ2n) is 5.18. The Bertz CT molecular complexity index is 618. The van der Waals surface area contributed by atoms with Crippen molar-refractivity contribution in [3.8, 4) is 0 Å². The molecule has 2 heterocycles. The summed E-state index contributed by atoms with van der Waals surface area (Å²) in [4.78, 5) is 2.84. The number of thioether (sulfide) groups is 1. The van der Waals surface area contributed by atoms with Crippen molar-refractivity contribution in [3.63, 3.8) is 0 Å². The van der Waals surface area contributed by atoms with E-state index in [0.717, 1.165) is 15.8 Å². The van der Waals surface area contributed by atoms with Crippen LogP contribution in [-0.2, 0) is 18.6 Å². The highest BCUT2D eigenvalue weighted by atomic mass is 79.9. The van der Waals surface area contributed by atoms with Crippen molar-refractivity contribution in [2.75, 3.05) is 12.8 Å². The van der Waals surface area contributed by atoms with E-state index in [-0.39, 0.29) is 11.9 Å². The van der Waals surface area contributed by atoms with E-state index < -0.39 is 0 Å². The van der Waals surface area contributed by atoms with E-state index in [9.17, 15) is 4.39 Å². The predicted octanol–water partition coefficient (Wildman–Crippen LogP) is 4.94. The fourth-order valence-electron chi connectivity index (χ4n) is 2.61. The number of rotatable bonds is 4. The maximum absolute atomic E-state index is 14.0. The third kappa shape index (κ3) is 3.52. The lowest BCUT2D eigenvalue weighted by Crippen LogP contribution is -2.18. The van der Waals surface area contributed by atoms with Crippen LogP contribution >= 0.6 is 39.0 Å². The zero-order valence-corrected chi connectivity index (χ0v) is 15.0. The van der Waals surface area contributed by atoms with Gasteiger partial charge in [-0.2, -0.15) is 11.8 Å². The first-order chi connectivity index (χ1) is 10.2. The number of thiophene rings is 1. The van der Waals surface area contributed by atoms with Crippen LogP contribution in [0.25, 0.3) is 0 Å². The van der Waals surface area contributed by atoms with Gasteiger partial charge in [-0.15, -0.1) is 11.3 Å². The van der Waals surface area contributed by atoms with E-state index in [1.54, 1.807) is 6.07 Å². The number of nitrogens with one attached hydrogen (secondary N) is 1. The summed E-state index contributed by atoms with van der Waals surface area (Å²) in [5.41, 5.74) is 2.23. The van der Waals surface area contributed by atoms with Crippen molar-refractivity contribution in [3.05, 3.63) is 55.4 Å². The predicted molar refractivity (Wildman–Crippen MR) is 93.8 cm³/mol. The molecule has 2 aromatic rings. The first kappa shape index (κ1) is 15.5. The van der Waals surface area contributed by atoms with E-state index >= 15 is 0 Å². The normalized spacial score (nSPS) is 15.8. The van der Waals surface area contributed by atoms with Crippen LogP contribution in [0, 0.1) is 5.82 Å². The van der Waals surface area contributed by atoms with Gasteiger partial charge in [0.25, 0.3) is 0 Å². The molecule has 5 heteroatoms. The number of fused-ring (bicyclic) bond motifs is 1. The Labute approximate surface area is 141 Å². The summed E-state index contributed by atoms with van der Waals surface area (Å²) in [7, 11) is 1.95. The van der Waals surface area contributed by atoms with Gasteiger partial charge in [-0.25, -0.2) is 4.39 Å². The Balaban J connectivity index is 1.84. The molecule has 1 aromatic carbocycles. The summed E-state index contributed by atoms with van der Waals surface area (Å²) in [6.07, 6.45) is 1.85. The molecule has 0 saturated heterocycles. The minimum absolute atomic E-state index is 0.129. The summed E-state index contributed by atoms with van der Waals surface area (Å²) in [5, 5.41) is 3.34. The van der Waals surface area contributed by atoms with Crippen LogP contribution in [0.2, 0.25) is 0 Å². The molecule has 1 aliphatic rings. The third-order valence-electron chi connectivity index (χ3n) is 3.77. The van der Waals surface area contributed by atoms with Crippen molar-refractivity contribution in [2.24, 2.45) is 0 Å². The number of likely N-dealkylation sites (N-methyl/N-ethyl adjacent to an activating group) is 1. The Morgan fingerprint density at radius 3 is 3.00 bits per heavy atom. The van der Waals surface area contributed by atoms with Crippen molar-refractivity contribution < 1.29 is 4.39 Å². The number of halogens is 2.